The molecule has 3 nitrogen and oxygen atoms in total. The molecule has 0 aliphatic rings. The van der Waals surface area contributed by atoms with Crippen molar-refractivity contribution in [3.8, 4) is 5.82 Å². The molecule has 0 aliphatic carbocycles. The Morgan fingerprint density at radius 3 is 2.69 bits per heavy atom. The van der Waals surface area contributed by atoms with E-state index in [-0.39, 0.29) is 19.5 Å². The van der Waals surface area contributed by atoms with Crippen LogP contribution in [0.5, 0.6) is 0 Å². The summed E-state index contributed by atoms with van der Waals surface area (Å²) in [4.78, 5) is 4.56. The van der Waals surface area contributed by atoms with Crippen LogP contribution >= 0.6 is 0 Å². The largest absolute Gasteiger partial charge is 0.343 e. The fraction of sp³-hybridized carbons (Fsp3) is 0.333. The van der Waals surface area contributed by atoms with E-state index in [1.54, 1.807) is 16.9 Å². The molecule has 2 aromatic rings. The SMILES string of the molecule is CCc1cc(C)c(C)c(-n2[c-]ccn2)n1.[Rh]. The van der Waals surface area contributed by atoms with Gasteiger partial charge in [-0.25, -0.2) is 0 Å². The third kappa shape index (κ3) is 2.38. The summed E-state index contributed by atoms with van der Waals surface area (Å²) in [6.07, 6.45) is 5.67. The van der Waals surface area contributed by atoms with Crippen LogP contribution in [0.4, 0.5) is 0 Å². The van der Waals surface area contributed by atoms with Gasteiger partial charge in [0.15, 0.2) is 0 Å². The van der Waals surface area contributed by atoms with Gasteiger partial charge in [0, 0.05) is 25.2 Å². The molecule has 0 saturated carbocycles. The second-order valence-corrected chi connectivity index (χ2v) is 3.60. The molecule has 2 rings (SSSR count). The maximum Gasteiger partial charge on any atom is 0.0555 e. The molecule has 0 fully saturated rings. The number of nitrogens with zero attached hydrogens (tertiary/aromatic N) is 3. The Hall–Kier alpha value is -1.02. The average Bonchev–Trinajstić information content (AvgIpc) is 2.75. The normalized spacial score (nSPS) is 9.94. The van der Waals surface area contributed by atoms with Crippen molar-refractivity contribution < 1.29 is 19.5 Å². The molecular weight excluding hydrogens is 289 g/mol. The Morgan fingerprint density at radius 2 is 2.12 bits per heavy atom. The van der Waals surface area contributed by atoms with Crippen LogP contribution in [0.15, 0.2) is 18.3 Å². The molecule has 0 aromatic carbocycles. The van der Waals surface area contributed by atoms with Crippen molar-refractivity contribution in [2.75, 3.05) is 0 Å². The third-order valence-corrected chi connectivity index (χ3v) is 2.58. The Balaban J connectivity index is 0.00000128. The van der Waals surface area contributed by atoms with Crippen molar-refractivity contribution in [1.82, 2.24) is 14.8 Å². The molecule has 2 heterocycles. The van der Waals surface area contributed by atoms with Crippen molar-refractivity contribution in [2.24, 2.45) is 0 Å². The topological polar surface area (TPSA) is 30.7 Å². The van der Waals surface area contributed by atoms with E-state index in [1.165, 1.54) is 5.56 Å². The van der Waals surface area contributed by atoms with Gasteiger partial charge in [0.25, 0.3) is 0 Å². The summed E-state index contributed by atoms with van der Waals surface area (Å²) >= 11 is 0. The zero-order valence-corrected chi connectivity index (χ0v) is 11.3. The first-order valence-electron chi connectivity index (χ1n) is 5.11. The second-order valence-electron chi connectivity index (χ2n) is 3.60. The third-order valence-electron chi connectivity index (χ3n) is 2.58. The Morgan fingerprint density at radius 1 is 1.38 bits per heavy atom. The molecule has 4 heteroatoms. The Kier molecular flexibility index (Phi) is 4.37. The Labute approximate surface area is 109 Å². The summed E-state index contributed by atoms with van der Waals surface area (Å²) < 4.78 is 1.70. The van der Waals surface area contributed by atoms with Crippen LogP contribution in [-0.2, 0) is 25.9 Å². The molecule has 0 amide bonds. The van der Waals surface area contributed by atoms with E-state index in [2.05, 4.69) is 43.1 Å². The number of hydrogen-bond donors (Lipinski definition) is 0. The molecule has 0 unspecified atom stereocenters. The van der Waals surface area contributed by atoms with Crippen LogP contribution in [0.3, 0.4) is 0 Å². The minimum absolute atomic E-state index is 0. The summed E-state index contributed by atoms with van der Waals surface area (Å²) in [6.45, 7) is 6.27. The standard InChI is InChI=1S/C12H14N3.Rh/c1-4-11-8-9(2)10(3)12(14-11)15-7-5-6-13-15;/h5-6,8H,4H2,1-3H3;/q-1;. The van der Waals surface area contributed by atoms with Gasteiger partial charge in [0.1, 0.15) is 0 Å². The summed E-state index contributed by atoms with van der Waals surface area (Å²) in [6, 6.07) is 3.91. The first-order valence-corrected chi connectivity index (χ1v) is 5.11. The van der Waals surface area contributed by atoms with Gasteiger partial charge in [0.2, 0.25) is 0 Å². The fourth-order valence-corrected chi connectivity index (χ4v) is 1.53. The van der Waals surface area contributed by atoms with Gasteiger partial charge in [-0.1, -0.05) is 30.4 Å². The monoisotopic (exact) mass is 303 g/mol. The van der Waals surface area contributed by atoms with Gasteiger partial charge in [-0.05, 0) is 26.3 Å². The first kappa shape index (κ1) is 13.1. The number of rotatable bonds is 2. The smallest absolute Gasteiger partial charge is 0.0555 e. The summed E-state index contributed by atoms with van der Waals surface area (Å²) in [5.41, 5.74) is 3.50. The number of aromatic nitrogens is 3. The van der Waals surface area contributed by atoms with Crippen LogP contribution in [0.25, 0.3) is 5.82 Å². The minimum atomic E-state index is 0. The van der Waals surface area contributed by atoms with E-state index in [4.69, 9.17) is 0 Å². The zero-order valence-electron chi connectivity index (χ0n) is 9.61. The average molecular weight is 303 g/mol. The number of pyridine rings is 1. The van der Waals surface area contributed by atoms with Gasteiger partial charge in [-0.2, -0.15) is 0 Å². The molecule has 87 valence electrons. The van der Waals surface area contributed by atoms with Gasteiger partial charge >= 0.3 is 0 Å². The van der Waals surface area contributed by atoms with Crippen molar-refractivity contribution >= 4 is 0 Å². The maximum atomic E-state index is 4.56. The van der Waals surface area contributed by atoms with Gasteiger partial charge in [-0.3, -0.25) is 10.1 Å². The number of hydrogen-bond acceptors (Lipinski definition) is 2. The minimum Gasteiger partial charge on any atom is -0.343 e. The van der Waals surface area contributed by atoms with E-state index >= 15 is 0 Å². The Bertz CT molecular complexity index is 463. The second kappa shape index (κ2) is 5.35. The fourth-order valence-electron chi connectivity index (χ4n) is 1.53. The molecule has 0 N–H and O–H groups in total. The van der Waals surface area contributed by atoms with Crippen LogP contribution in [0.1, 0.15) is 23.7 Å². The predicted molar refractivity (Wildman–Crippen MR) is 59.0 cm³/mol. The van der Waals surface area contributed by atoms with Gasteiger partial charge in [-0.15, -0.1) is 6.07 Å². The summed E-state index contributed by atoms with van der Waals surface area (Å²) in [7, 11) is 0. The van der Waals surface area contributed by atoms with Crippen molar-refractivity contribution in [2.45, 2.75) is 27.2 Å². The molecule has 0 spiro atoms. The van der Waals surface area contributed by atoms with E-state index in [1.807, 2.05) is 0 Å². The molecule has 0 aliphatic heterocycles. The van der Waals surface area contributed by atoms with Crippen molar-refractivity contribution in [3.63, 3.8) is 0 Å². The zero-order chi connectivity index (χ0) is 10.8. The van der Waals surface area contributed by atoms with Gasteiger partial charge in [0.05, 0.1) is 5.82 Å². The van der Waals surface area contributed by atoms with Crippen molar-refractivity contribution in [3.05, 3.63) is 41.3 Å². The van der Waals surface area contributed by atoms with E-state index < -0.39 is 0 Å². The van der Waals surface area contributed by atoms with E-state index in [0.717, 1.165) is 23.5 Å². The summed E-state index contributed by atoms with van der Waals surface area (Å²) in [5, 5.41) is 4.16. The quantitative estimate of drug-likeness (QED) is 0.629. The first-order chi connectivity index (χ1) is 7.22. The van der Waals surface area contributed by atoms with Crippen LogP contribution in [-0.4, -0.2) is 14.8 Å². The summed E-state index contributed by atoms with van der Waals surface area (Å²) in [5.74, 6) is 0.886. The molecule has 0 atom stereocenters. The maximum absolute atomic E-state index is 4.56. The molecule has 2 aromatic heterocycles. The molecule has 16 heavy (non-hydrogen) atoms. The van der Waals surface area contributed by atoms with Crippen LogP contribution in [0.2, 0.25) is 0 Å². The van der Waals surface area contributed by atoms with E-state index in [9.17, 15) is 0 Å². The van der Waals surface area contributed by atoms with Crippen LogP contribution < -0.4 is 0 Å². The van der Waals surface area contributed by atoms with Crippen LogP contribution in [0, 0.1) is 20.0 Å². The van der Waals surface area contributed by atoms with E-state index in [0.29, 0.717) is 0 Å². The molecule has 0 saturated heterocycles. The predicted octanol–water partition coefficient (Wildman–Crippen LogP) is 2.24. The molecule has 1 radical (unpaired) electrons. The van der Waals surface area contributed by atoms with Crippen molar-refractivity contribution in [1.29, 1.82) is 0 Å². The molecule has 0 bridgehead atoms. The molecular formula is C12H14N3Rh-. The van der Waals surface area contributed by atoms with Gasteiger partial charge < -0.3 is 4.68 Å². The number of aryl methyl sites for hydroxylation is 2.